The van der Waals surface area contributed by atoms with Crippen LogP contribution in [0.1, 0.15) is 41.6 Å². The number of hydrogen-bond donors (Lipinski definition) is 0. The third-order valence-corrected chi connectivity index (χ3v) is 7.92. The van der Waals surface area contributed by atoms with Gasteiger partial charge in [0.15, 0.2) is 0 Å². The Morgan fingerprint density at radius 3 is 2.14 bits per heavy atom. The van der Waals surface area contributed by atoms with Gasteiger partial charge in [-0.05, 0) is 52.0 Å². The second kappa shape index (κ2) is 8.30. The third-order valence-electron chi connectivity index (χ3n) is 5.29. The Balaban J connectivity index is 1.74. The molecule has 1 amide bonds. The molecular weight excluding hydrogens is 433 g/mol. The Kier molecular flexibility index (Phi) is 6.34. The molecule has 1 aliphatic rings. The van der Waals surface area contributed by atoms with E-state index in [4.69, 9.17) is 23.2 Å². The lowest BCUT2D eigenvalue weighted by molar-refractivity contribution is 0.0697. The smallest absolute Gasteiger partial charge is 0.255 e. The highest BCUT2D eigenvalue weighted by molar-refractivity contribution is 7.89. The second-order valence-corrected chi connectivity index (χ2v) is 10.3. The normalized spacial score (nSPS) is 15.9. The Hall–Kier alpha value is -1.54. The van der Waals surface area contributed by atoms with Crippen molar-refractivity contribution in [2.24, 2.45) is 0 Å². The number of halogens is 2. The average molecular weight is 458 g/mol. The van der Waals surface area contributed by atoms with Crippen LogP contribution in [-0.2, 0) is 10.0 Å². The molecule has 1 aromatic carbocycles. The number of carbonyl (C=O) groups excluding carboxylic acids is 1. The zero-order chi connectivity index (χ0) is 21.5. The van der Waals surface area contributed by atoms with Gasteiger partial charge in [0.2, 0.25) is 10.0 Å². The molecule has 29 heavy (non-hydrogen) atoms. The van der Waals surface area contributed by atoms with Gasteiger partial charge in [-0.3, -0.25) is 4.79 Å². The lowest BCUT2D eigenvalue weighted by atomic mass is 10.2. The van der Waals surface area contributed by atoms with Gasteiger partial charge in [0.05, 0.1) is 20.5 Å². The SMILES string of the molecule is Cc1cc(C(=O)N2CCN(S(=O)(=O)c3ccc(Cl)c(Cl)c3)CC2)c(C)n1C(C)C. The van der Waals surface area contributed by atoms with Crippen molar-refractivity contribution in [3.05, 3.63) is 51.3 Å². The first kappa shape index (κ1) is 22.2. The van der Waals surface area contributed by atoms with Gasteiger partial charge in [0.1, 0.15) is 0 Å². The summed E-state index contributed by atoms with van der Waals surface area (Å²) in [4.78, 5) is 14.8. The zero-order valence-electron chi connectivity index (χ0n) is 16.9. The number of hydrogen-bond acceptors (Lipinski definition) is 3. The van der Waals surface area contributed by atoms with Gasteiger partial charge in [0.25, 0.3) is 5.91 Å². The van der Waals surface area contributed by atoms with E-state index >= 15 is 0 Å². The first-order valence-electron chi connectivity index (χ1n) is 9.47. The fourth-order valence-electron chi connectivity index (χ4n) is 3.88. The van der Waals surface area contributed by atoms with Gasteiger partial charge in [0, 0.05) is 43.6 Å². The molecule has 1 aliphatic heterocycles. The number of aromatic nitrogens is 1. The van der Waals surface area contributed by atoms with Crippen LogP contribution in [0.25, 0.3) is 0 Å². The lowest BCUT2D eigenvalue weighted by Crippen LogP contribution is -2.50. The molecule has 0 saturated carbocycles. The second-order valence-electron chi connectivity index (χ2n) is 7.52. The van der Waals surface area contributed by atoms with E-state index in [9.17, 15) is 13.2 Å². The molecule has 0 radical (unpaired) electrons. The van der Waals surface area contributed by atoms with Crippen LogP contribution >= 0.6 is 23.2 Å². The number of piperazine rings is 1. The highest BCUT2D eigenvalue weighted by Gasteiger charge is 2.31. The number of amides is 1. The van der Waals surface area contributed by atoms with Crippen LogP contribution in [0.5, 0.6) is 0 Å². The third kappa shape index (κ3) is 4.19. The van der Waals surface area contributed by atoms with Crippen molar-refractivity contribution >= 4 is 39.1 Å². The molecule has 0 bridgehead atoms. The van der Waals surface area contributed by atoms with Gasteiger partial charge >= 0.3 is 0 Å². The molecule has 9 heteroatoms. The fourth-order valence-corrected chi connectivity index (χ4v) is 5.69. The van der Waals surface area contributed by atoms with Gasteiger partial charge in [-0.2, -0.15) is 4.31 Å². The summed E-state index contributed by atoms with van der Waals surface area (Å²) in [6.07, 6.45) is 0. The molecule has 0 atom stereocenters. The number of sulfonamides is 1. The Labute approximate surface area is 182 Å². The predicted octanol–water partition coefficient (Wildman–Crippen LogP) is 4.14. The Bertz CT molecular complexity index is 1040. The maximum Gasteiger partial charge on any atom is 0.255 e. The average Bonchev–Trinajstić information content (AvgIpc) is 2.97. The largest absolute Gasteiger partial charge is 0.346 e. The molecular formula is C20H25Cl2N3O3S. The van der Waals surface area contributed by atoms with E-state index in [-0.39, 0.29) is 35.0 Å². The van der Waals surface area contributed by atoms with E-state index in [0.29, 0.717) is 23.7 Å². The van der Waals surface area contributed by atoms with Gasteiger partial charge < -0.3 is 9.47 Å². The molecule has 2 heterocycles. The first-order chi connectivity index (χ1) is 13.5. The van der Waals surface area contributed by atoms with Gasteiger partial charge in [-0.15, -0.1) is 0 Å². The van der Waals surface area contributed by atoms with Crippen molar-refractivity contribution in [2.45, 2.75) is 38.6 Å². The van der Waals surface area contributed by atoms with E-state index in [0.717, 1.165) is 11.4 Å². The quantitative estimate of drug-likeness (QED) is 0.692. The van der Waals surface area contributed by atoms with Crippen LogP contribution in [0.4, 0.5) is 0 Å². The summed E-state index contributed by atoms with van der Waals surface area (Å²) >= 11 is 11.9. The van der Waals surface area contributed by atoms with Crippen molar-refractivity contribution < 1.29 is 13.2 Å². The van der Waals surface area contributed by atoms with Gasteiger partial charge in [-0.1, -0.05) is 23.2 Å². The minimum absolute atomic E-state index is 0.0587. The molecule has 1 fully saturated rings. The standard InChI is InChI=1S/C20H25Cl2N3O3S/c1-13(2)25-14(3)11-17(15(25)4)20(26)23-7-9-24(10-8-23)29(27,28)16-5-6-18(21)19(22)12-16/h5-6,11-13H,7-10H2,1-4H3. The monoisotopic (exact) mass is 457 g/mol. The topological polar surface area (TPSA) is 62.6 Å². The maximum atomic E-state index is 13.0. The zero-order valence-corrected chi connectivity index (χ0v) is 19.3. The van der Waals surface area contributed by atoms with Crippen molar-refractivity contribution in [1.82, 2.24) is 13.8 Å². The fraction of sp³-hybridized carbons (Fsp3) is 0.450. The summed E-state index contributed by atoms with van der Waals surface area (Å²) in [6, 6.07) is 6.46. The van der Waals surface area contributed by atoms with Crippen LogP contribution < -0.4 is 0 Å². The number of benzene rings is 1. The summed E-state index contributed by atoms with van der Waals surface area (Å²) in [7, 11) is -3.69. The lowest BCUT2D eigenvalue weighted by Gasteiger charge is -2.34. The summed E-state index contributed by atoms with van der Waals surface area (Å²) in [6.45, 7) is 9.25. The maximum absolute atomic E-state index is 13.0. The van der Waals surface area contributed by atoms with E-state index in [1.807, 2.05) is 19.9 Å². The molecule has 0 N–H and O–H groups in total. The minimum Gasteiger partial charge on any atom is -0.346 e. The molecule has 1 aromatic heterocycles. The Morgan fingerprint density at radius 2 is 1.62 bits per heavy atom. The van der Waals surface area contributed by atoms with E-state index in [2.05, 4.69) is 18.4 Å². The van der Waals surface area contributed by atoms with Crippen molar-refractivity contribution in [1.29, 1.82) is 0 Å². The first-order valence-corrected chi connectivity index (χ1v) is 11.7. The summed E-state index contributed by atoms with van der Waals surface area (Å²) < 4.78 is 29.3. The summed E-state index contributed by atoms with van der Waals surface area (Å²) in [5, 5.41) is 0.502. The van der Waals surface area contributed by atoms with Crippen LogP contribution in [-0.4, -0.2) is 54.3 Å². The van der Waals surface area contributed by atoms with Crippen molar-refractivity contribution in [2.75, 3.05) is 26.2 Å². The van der Waals surface area contributed by atoms with E-state index < -0.39 is 10.0 Å². The van der Waals surface area contributed by atoms with E-state index in [1.165, 1.54) is 22.5 Å². The van der Waals surface area contributed by atoms with Crippen LogP contribution in [0, 0.1) is 13.8 Å². The molecule has 6 nitrogen and oxygen atoms in total. The molecule has 2 aromatic rings. The number of rotatable bonds is 4. The predicted molar refractivity (Wildman–Crippen MR) is 115 cm³/mol. The summed E-state index contributed by atoms with van der Waals surface area (Å²) in [5.74, 6) is -0.0587. The van der Waals surface area contributed by atoms with Crippen LogP contribution in [0.15, 0.2) is 29.2 Å². The molecule has 158 valence electrons. The molecule has 0 unspecified atom stereocenters. The minimum atomic E-state index is -3.69. The molecule has 0 aliphatic carbocycles. The highest BCUT2D eigenvalue weighted by Crippen LogP contribution is 2.27. The number of carbonyl (C=O) groups is 1. The Morgan fingerprint density at radius 1 is 1.00 bits per heavy atom. The van der Waals surface area contributed by atoms with Crippen LogP contribution in [0.2, 0.25) is 10.0 Å². The highest BCUT2D eigenvalue weighted by atomic mass is 35.5. The van der Waals surface area contributed by atoms with Crippen molar-refractivity contribution in [3.63, 3.8) is 0 Å². The molecule has 0 spiro atoms. The van der Waals surface area contributed by atoms with Crippen LogP contribution in [0.3, 0.4) is 0 Å². The molecule has 3 rings (SSSR count). The summed E-state index contributed by atoms with van der Waals surface area (Å²) in [5.41, 5.74) is 2.66. The molecule has 1 saturated heterocycles. The van der Waals surface area contributed by atoms with Gasteiger partial charge in [-0.25, -0.2) is 8.42 Å². The number of aryl methyl sites for hydroxylation is 1. The van der Waals surface area contributed by atoms with E-state index in [1.54, 1.807) is 4.90 Å². The van der Waals surface area contributed by atoms with Crippen molar-refractivity contribution in [3.8, 4) is 0 Å². The number of nitrogens with zero attached hydrogens (tertiary/aromatic N) is 3.